The number of hydrogen-bond acceptors (Lipinski definition) is 11. The second-order valence-corrected chi connectivity index (χ2v) is 9.68. The number of rotatable bonds is 14. The molecule has 4 unspecified atom stereocenters. The molecule has 7 atom stereocenters. The van der Waals surface area contributed by atoms with Crippen LogP contribution in [0.4, 0.5) is 0 Å². The molecule has 0 spiro atoms. The Morgan fingerprint density at radius 1 is 0.756 bits per heavy atom. The van der Waals surface area contributed by atoms with Crippen LogP contribution in [0.2, 0.25) is 0 Å². The minimum atomic E-state index is -1.31. The first-order chi connectivity index (χ1) is 19.6. The molecule has 0 aliphatic carbocycles. The van der Waals surface area contributed by atoms with Crippen molar-refractivity contribution in [2.75, 3.05) is 13.2 Å². The molecular weight excluding hydrogens is 536 g/mol. The predicted octanol–water partition coefficient (Wildman–Crippen LogP) is 2.71. The third kappa shape index (κ3) is 10.5. The Kier molecular flexibility index (Phi) is 12.7. The quantitative estimate of drug-likeness (QED) is 0.263. The summed E-state index contributed by atoms with van der Waals surface area (Å²) in [6.07, 6.45) is -7.98. The number of benzene rings is 2. The first-order valence-electron chi connectivity index (χ1n) is 13.4. The summed E-state index contributed by atoms with van der Waals surface area (Å²) in [7, 11) is 0. The second kappa shape index (κ2) is 16.2. The van der Waals surface area contributed by atoms with Crippen LogP contribution in [0.5, 0.6) is 0 Å². The van der Waals surface area contributed by atoms with Crippen LogP contribution in [0.3, 0.4) is 0 Å². The first-order valence-corrected chi connectivity index (χ1v) is 13.4. The molecule has 3 rings (SSSR count). The van der Waals surface area contributed by atoms with Crippen LogP contribution >= 0.6 is 0 Å². The lowest BCUT2D eigenvalue weighted by Crippen LogP contribution is -2.63. The SMILES string of the molecule is CC(=O)OC1C(OC(C)=O)[C@@H](OC(C)=O)C(COCc2ccccc2)O[C@H]1O[C@@H](C)C(O)COCc1ccccc1. The van der Waals surface area contributed by atoms with E-state index < -0.39 is 60.8 Å². The van der Waals surface area contributed by atoms with Gasteiger partial charge in [-0.1, -0.05) is 60.7 Å². The Labute approximate surface area is 239 Å². The molecule has 0 radical (unpaired) electrons. The van der Waals surface area contributed by atoms with Crippen molar-refractivity contribution in [2.24, 2.45) is 0 Å². The zero-order valence-electron chi connectivity index (χ0n) is 23.7. The molecule has 11 nitrogen and oxygen atoms in total. The Bertz CT molecular complexity index is 1090. The number of carbonyl (C=O) groups is 3. The minimum absolute atomic E-state index is 0.0475. The highest BCUT2D eigenvalue weighted by Gasteiger charge is 2.53. The van der Waals surface area contributed by atoms with Crippen molar-refractivity contribution in [3.05, 3.63) is 71.8 Å². The molecule has 1 saturated heterocycles. The molecule has 0 amide bonds. The van der Waals surface area contributed by atoms with Gasteiger partial charge in [-0.3, -0.25) is 14.4 Å². The van der Waals surface area contributed by atoms with Gasteiger partial charge in [-0.15, -0.1) is 0 Å². The molecule has 1 aliphatic rings. The number of aliphatic hydroxyl groups excluding tert-OH is 1. The molecule has 0 bridgehead atoms. The second-order valence-electron chi connectivity index (χ2n) is 9.68. The fourth-order valence-corrected chi connectivity index (χ4v) is 4.28. The van der Waals surface area contributed by atoms with Crippen molar-refractivity contribution in [2.45, 2.75) is 83.8 Å². The molecular formula is C30H38O11. The Morgan fingerprint density at radius 3 is 1.78 bits per heavy atom. The summed E-state index contributed by atoms with van der Waals surface area (Å²) in [4.78, 5) is 36.1. The highest BCUT2D eigenvalue weighted by Crippen LogP contribution is 2.31. The molecule has 11 heteroatoms. The van der Waals surface area contributed by atoms with Gasteiger partial charge < -0.3 is 38.3 Å². The average molecular weight is 575 g/mol. The van der Waals surface area contributed by atoms with Gasteiger partial charge in [0.2, 0.25) is 0 Å². The van der Waals surface area contributed by atoms with Gasteiger partial charge in [0, 0.05) is 20.8 Å². The van der Waals surface area contributed by atoms with Gasteiger partial charge >= 0.3 is 17.9 Å². The third-order valence-corrected chi connectivity index (χ3v) is 6.18. The van der Waals surface area contributed by atoms with Crippen LogP contribution in [0, 0.1) is 0 Å². The monoisotopic (exact) mass is 574 g/mol. The maximum atomic E-state index is 12.1. The normalized spacial score (nSPS) is 23.7. The Balaban J connectivity index is 1.76. The van der Waals surface area contributed by atoms with E-state index in [1.807, 2.05) is 60.7 Å². The molecule has 41 heavy (non-hydrogen) atoms. The Morgan fingerprint density at radius 2 is 1.24 bits per heavy atom. The van der Waals surface area contributed by atoms with E-state index in [0.29, 0.717) is 6.61 Å². The molecule has 1 fully saturated rings. The number of carbonyl (C=O) groups excluding carboxylic acids is 3. The molecule has 2 aromatic rings. The standard InChI is InChI=1S/C30H38O11/c1-19(25(34)17-35-15-23-11-7-5-8-12-23)37-30-29(40-22(4)33)28(39-21(3)32)27(38-20(2)31)26(41-30)18-36-16-24-13-9-6-10-14-24/h5-14,19,25-30,34H,15-18H2,1-4H3/t19-,25?,26?,27-,28?,29?,30+/m0/s1. The summed E-state index contributed by atoms with van der Waals surface area (Å²) in [6.45, 7) is 5.56. The summed E-state index contributed by atoms with van der Waals surface area (Å²) < 4.78 is 40.1. The van der Waals surface area contributed by atoms with Gasteiger partial charge in [0.1, 0.15) is 12.2 Å². The predicted molar refractivity (Wildman–Crippen MR) is 144 cm³/mol. The van der Waals surface area contributed by atoms with Crippen LogP contribution in [-0.4, -0.2) is 79.1 Å². The number of esters is 3. The molecule has 224 valence electrons. The van der Waals surface area contributed by atoms with Crippen molar-refractivity contribution < 1.29 is 52.6 Å². The van der Waals surface area contributed by atoms with E-state index in [2.05, 4.69) is 0 Å². The van der Waals surface area contributed by atoms with Gasteiger partial charge in [0.15, 0.2) is 24.6 Å². The number of hydrogen-bond donors (Lipinski definition) is 1. The molecule has 1 aliphatic heterocycles. The average Bonchev–Trinajstić information content (AvgIpc) is 2.92. The third-order valence-electron chi connectivity index (χ3n) is 6.18. The minimum Gasteiger partial charge on any atom is -0.456 e. The van der Waals surface area contributed by atoms with Crippen molar-refractivity contribution in [1.29, 1.82) is 0 Å². The molecule has 0 saturated carbocycles. The van der Waals surface area contributed by atoms with Crippen LogP contribution in [0.1, 0.15) is 38.8 Å². The maximum absolute atomic E-state index is 12.1. The lowest BCUT2D eigenvalue weighted by Gasteiger charge is -2.45. The topological polar surface area (TPSA) is 136 Å². The molecule has 1 N–H and O–H groups in total. The van der Waals surface area contributed by atoms with E-state index in [9.17, 15) is 19.5 Å². The number of aliphatic hydroxyl groups is 1. The largest absolute Gasteiger partial charge is 0.456 e. The highest BCUT2D eigenvalue weighted by molar-refractivity contribution is 5.68. The van der Waals surface area contributed by atoms with E-state index in [0.717, 1.165) is 11.1 Å². The highest BCUT2D eigenvalue weighted by atomic mass is 16.7. The van der Waals surface area contributed by atoms with E-state index in [1.165, 1.54) is 20.8 Å². The lowest BCUT2D eigenvalue weighted by atomic mass is 9.98. The van der Waals surface area contributed by atoms with Gasteiger partial charge in [-0.25, -0.2) is 0 Å². The molecule has 2 aromatic carbocycles. The van der Waals surface area contributed by atoms with Crippen LogP contribution < -0.4 is 0 Å². The van der Waals surface area contributed by atoms with E-state index >= 15 is 0 Å². The zero-order valence-corrected chi connectivity index (χ0v) is 23.7. The summed E-state index contributed by atoms with van der Waals surface area (Å²) in [5.41, 5.74) is 1.85. The molecule has 1 heterocycles. The van der Waals surface area contributed by atoms with Gasteiger partial charge in [-0.05, 0) is 18.1 Å². The van der Waals surface area contributed by atoms with Crippen molar-refractivity contribution in [1.82, 2.24) is 0 Å². The molecule has 0 aromatic heterocycles. The van der Waals surface area contributed by atoms with Crippen LogP contribution in [0.15, 0.2) is 60.7 Å². The lowest BCUT2D eigenvalue weighted by molar-refractivity contribution is -0.322. The summed E-state index contributed by atoms with van der Waals surface area (Å²) in [5.74, 6) is -2.07. The Hall–Kier alpha value is -3.35. The van der Waals surface area contributed by atoms with E-state index in [1.54, 1.807) is 6.92 Å². The summed E-state index contributed by atoms with van der Waals surface area (Å²) in [6, 6.07) is 18.9. The van der Waals surface area contributed by atoms with E-state index in [4.69, 9.17) is 33.2 Å². The summed E-state index contributed by atoms with van der Waals surface area (Å²) >= 11 is 0. The van der Waals surface area contributed by atoms with Crippen molar-refractivity contribution in [3.63, 3.8) is 0 Å². The fourth-order valence-electron chi connectivity index (χ4n) is 4.28. The van der Waals surface area contributed by atoms with Gasteiger partial charge in [0.05, 0.1) is 32.5 Å². The fraction of sp³-hybridized carbons (Fsp3) is 0.500. The van der Waals surface area contributed by atoms with Crippen molar-refractivity contribution in [3.8, 4) is 0 Å². The smallest absolute Gasteiger partial charge is 0.303 e. The number of ether oxygens (including phenoxy) is 7. The van der Waals surface area contributed by atoms with Gasteiger partial charge in [-0.2, -0.15) is 0 Å². The first kappa shape index (κ1) is 32.2. The van der Waals surface area contributed by atoms with Gasteiger partial charge in [0.25, 0.3) is 0 Å². The zero-order chi connectivity index (χ0) is 29.8. The van der Waals surface area contributed by atoms with Crippen LogP contribution in [0.25, 0.3) is 0 Å². The van der Waals surface area contributed by atoms with Crippen LogP contribution in [-0.2, 0) is 60.8 Å². The maximum Gasteiger partial charge on any atom is 0.303 e. The summed E-state index contributed by atoms with van der Waals surface area (Å²) in [5, 5.41) is 10.7. The van der Waals surface area contributed by atoms with Crippen molar-refractivity contribution >= 4 is 17.9 Å². The van der Waals surface area contributed by atoms with E-state index in [-0.39, 0.29) is 19.8 Å².